The summed E-state index contributed by atoms with van der Waals surface area (Å²) >= 11 is 0. The molecule has 0 aliphatic carbocycles. The van der Waals surface area contributed by atoms with Crippen LogP contribution in [-0.4, -0.2) is 69.8 Å². The van der Waals surface area contributed by atoms with Gasteiger partial charge in [0.1, 0.15) is 0 Å². The number of nitrogens with zero attached hydrogens (tertiary/aromatic N) is 1. The summed E-state index contributed by atoms with van der Waals surface area (Å²) in [5, 5.41) is 5.66. The molecule has 0 atom stereocenters. The van der Waals surface area contributed by atoms with E-state index in [-0.39, 0.29) is 18.4 Å². The Labute approximate surface area is 176 Å². The predicted octanol–water partition coefficient (Wildman–Crippen LogP) is 1.77. The molecule has 2 aromatic rings. The lowest BCUT2D eigenvalue weighted by Crippen LogP contribution is -2.41. The minimum Gasteiger partial charge on any atom is -0.493 e. The number of carbonyl (C=O) groups is 2. The van der Waals surface area contributed by atoms with Crippen molar-refractivity contribution >= 4 is 17.5 Å². The molecule has 1 heterocycles. The van der Waals surface area contributed by atoms with Crippen LogP contribution in [0.3, 0.4) is 0 Å². The number of carbonyl (C=O) groups excluding carboxylic acids is 2. The summed E-state index contributed by atoms with van der Waals surface area (Å²) < 4.78 is 16.0. The number of rotatable bonds is 9. The SMILES string of the molecule is COc1ccccc1OCC(=O)Nc1ccc(C(=O)NCCN2CCOCC2)cc1. The van der Waals surface area contributed by atoms with Gasteiger partial charge in [-0.3, -0.25) is 14.5 Å². The molecule has 8 heteroatoms. The number of nitrogens with one attached hydrogen (secondary N) is 2. The Hall–Kier alpha value is -3.10. The zero-order valence-corrected chi connectivity index (χ0v) is 17.1. The molecule has 1 saturated heterocycles. The molecule has 30 heavy (non-hydrogen) atoms. The minimum atomic E-state index is -0.302. The third-order valence-corrected chi connectivity index (χ3v) is 4.68. The lowest BCUT2D eigenvalue weighted by molar-refractivity contribution is -0.118. The van der Waals surface area contributed by atoms with Crippen LogP contribution in [-0.2, 0) is 9.53 Å². The molecule has 2 amide bonds. The van der Waals surface area contributed by atoms with E-state index in [9.17, 15) is 9.59 Å². The summed E-state index contributed by atoms with van der Waals surface area (Å²) in [7, 11) is 1.54. The van der Waals surface area contributed by atoms with E-state index in [4.69, 9.17) is 14.2 Å². The van der Waals surface area contributed by atoms with Gasteiger partial charge in [-0.2, -0.15) is 0 Å². The fourth-order valence-corrected chi connectivity index (χ4v) is 3.04. The molecule has 1 aliphatic heterocycles. The fraction of sp³-hybridized carbons (Fsp3) is 0.364. The largest absolute Gasteiger partial charge is 0.493 e. The first-order valence-corrected chi connectivity index (χ1v) is 9.90. The second kappa shape index (κ2) is 11.2. The van der Waals surface area contributed by atoms with Crippen molar-refractivity contribution in [2.45, 2.75) is 0 Å². The smallest absolute Gasteiger partial charge is 0.262 e. The summed E-state index contributed by atoms with van der Waals surface area (Å²) in [5.41, 5.74) is 1.13. The first kappa shape index (κ1) is 21.6. The summed E-state index contributed by atoms with van der Waals surface area (Å²) in [6.07, 6.45) is 0. The van der Waals surface area contributed by atoms with Gasteiger partial charge < -0.3 is 24.8 Å². The van der Waals surface area contributed by atoms with Crippen LogP contribution in [0.25, 0.3) is 0 Å². The van der Waals surface area contributed by atoms with E-state index >= 15 is 0 Å². The molecule has 3 rings (SSSR count). The van der Waals surface area contributed by atoms with Crippen LogP contribution in [0.15, 0.2) is 48.5 Å². The van der Waals surface area contributed by atoms with Gasteiger partial charge in [0.25, 0.3) is 11.8 Å². The van der Waals surface area contributed by atoms with Gasteiger partial charge >= 0.3 is 0 Å². The molecule has 0 saturated carbocycles. The maximum Gasteiger partial charge on any atom is 0.262 e. The van der Waals surface area contributed by atoms with Gasteiger partial charge in [0.05, 0.1) is 20.3 Å². The van der Waals surface area contributed by atoms with Crippen LogP contribution in [0.5, 0.6) is 11.5 Å². The van der Waals surface area contributed by atoms with E-state index in [1.54, 1.807) is 49.6 Å². The average Bonchev–Trinajstić information content (AvgIpc) is 2.79. The molecule has 0 unspecified atom stereocenters. The molecule has 1 fully saturated rings. The summed E-state index contributed by atoms with van der Waals surface area (Å²) in [6, 6.07) is 13.9. The summed E-state index contributed by atoms with van der Waals surface area (Å²) in [6.45, 7) is 4.50. The molecule has 0 aromatic heterocycles. The van der Waals surface area contributed by atoms with Gasteiger partial charge in [-0.1, -0.05) is 12.1 Å². The number of morpholine rings is 1. The molecule has 0 bridgehead atoms. The van der Waals surface area contributed by atoms with Crippen LogP contribution >= 0.6 is 0 Å². The zero-order chi connectivity index (χ0) is 21.2. The van der Waals surface area contributed by atoms with E-state index in [1.165, 1.54) is 0 Å². The average molecular weight is 413 g/mol. The van der Waals surface area contributed by atoms with Crippen molar-refractivity contribution in [1.29, 1.82) is 0 Å². The Balaban J connectivity index is 1.42. The maximum absolute atomic E-state index is 12.3. The molecule has 0 radical (unpaired) electrons. The highest BCUT2D eigenvalue weighted by Crippen LogP contribution is 2.25. The number of anilines is 1. The number of benzene rings is 2. The normalized spacial score (nSPS) is 14.0. The molecular weight excluding hydrogens is 386 g/mol. The monoisotopic (exact) mass is 413 g/mol. The highest BCUT2D eigenvalue weighted by molar-refractivity contribution is 5.96. The van der Waals surface area contributed by atoms with E-state index in [1.807, 2.05) is 6.07 Å². The lowest BCUT2D eigenvalue weighted by Gasteiger charge is -2.26. The molecule has 0 spiro atoms. The Bertz CT molecular complexity index is 835. The standard InChI is InChI=1S/C22H27N3O5/c1-28-19-4-2-3-5-20(19)30-16-21(26)24-18-8-6-17(7-9-18)22(27)23-10-11-25-12-14-29-15-13-25/h2-9H,10-16H2,1H3,(H,23,27)(H,24,26). The van der Waals surface area contributed by atoms with Crippen molar-refractivity contribution in [2.75, 3.05) is 58.4 Å². The van der Waals surface area contributed by atoms with Gasteiger partial charge in [-0.15, -0.1) is 0 Å². The number of amides is 2. The maximum atomic E-state index is 12.3. The molecule has 2 N–H and O–H groups in total. The van der Waals surface area contributed by atoms with Crippen molar-refractivity contribution in [3.05, 3.63) is 54.1 Å². The van der Waals surface area contributed by atoms with Crippen molar-refractivity contribution in [3.8, 4) is 11.5 Å². The van der Waals surface area contributed by atoms with E-state index in [0.717, 1.165) is 32.8 Å². The minimum absolute atomic E-state index is 0.138. The van der Waals surface area contributed by atoms with Crippen molar-refractivity contribution in [2.24, 2.45) is 0 Å². The Morgan fingerprint density at radius 2 is 1.73 bits per heavy atom. The third kappa shape index (κ3) is 6.47. The van der Waals surface area contributed by atoms with E-state index < -0.39 is 0 Å². The van der Waals surface area contributed by atoms with Crippen molar-refractivity contribution in [1.82, 2.24) is 10.2 Å². The predicted molar refractivity (Wildman–Crippen MR) is 113 cm³/mol. The van der Waals surface area contributed by atoms with Gasteiger partial charge in [0, 0.05) is 37.4 Å². The molecule has 2 aromatic carbocycles. The topological polar surface area (TPSA) is 89.1 Å². The quantitative estimate of drug-likeness (QED) is 0.651. The highest BCUT2D eigenvalue weighted by atomic mass is 16.5. The molecular formula is C22H27N3O5. The van der Waals surface area contributed by atoms with Crippen LogP contribution in [0.1, 0.15) is 10.4 Å². The van der Waals surface area contributed by atoms with E-state index in [0.29, 0.717) is 29.3 Å². The lowest BCUT2D eigenvalue weighted by atomic mass is 10.2. The Kier molecular flexibility index (Phi) is 8.05. The number of hydrogen-bond donors (Lipinski definition) is 2. The van der Waals surface area contributed by atoms with Crippen LogP contribution in [0, 0.1) is 0 Å². The van der Waals surface area contributed by atoms with Gasteiger partial charge in [-0.05, 0) is 36.4 Å². The molecule has 8 nitrogen and oxygen atoms in total. The summed E-state index contributed by atoms with van der Waals surface area (Å²) in [5.74, 6) is 0.623. The number of hydrogen-bond acceptors (Lipinski definition) is 6. The van der Waals surface area contributed by atoms with Gasteiger partial charge in [-0.25, -0.2) is 0 Å². The number of para-hydroxylation sites is 2. The van der Waals surface area contributed by atoms with Crippen LogP contribution < -0.4 is 20.1 Å². The van der Waals surface area contributed by atoms with Crippen molar-refractivity contribution in [3.63, 3.8) is 0 Å². The Morgan fingerprint density at radius 1 is 1.03 bits per heavy atom. The fourth-order valence-electron chi connectivity index (χ4n) is 3.04. The van der Waals surface area contributed by atoms with Crippen molar-refractivity contribution < 1.29 is 23.8 Å². The molecule has 160 valence electrons. The van der Waals surface area contributed by atoms with Crippen LogP contribution in [0.4, 0.5) is 5.69 Å². The number of ether oxygens (including phenoxy) is 3. The van der Waals surface area contributed by atoms with Gasteiger partial charge in [0.2, 0.25) is 0 Å². The second-order valence-electron chi connectivity index (χ2n) is 6.77. The third-order valence-electron chi connectivity index (χ3n) is 4.68. The van der Waals surface area contributed by atoms with E-state index in [2.05, 4.69) is 15.5 Å². The first-order valence-electron chi connectivity index (χ1n) is 9.90. The summed E-state index contributed by atoms with van der Waals surface area (Å²) in [4.78, 5) is 26.7. The highest BCUT2D eigenvalue weighted by Gasteiger charge is 2.11. The number of methoxy groups -OCH3 is 1. The zero-order valence-electron chi connectivity index (χ0n) is 17.1. The second-order valence-corrected chi connectivity index (χ2v) is 6.77. The van der Waals surface area contributed by atoms with Crippen LogP contribution in [0.2, 0.25) is 0 Å². The Morgan fingerprint density at radius 3 is 2.43 bits per heavy atom. The van der Waals surface area contributed by atoms with Gasteiger partial charge in [0.15, 0.2) is 18.1 Å². The molecule has 1 aliphatic rings. The first-order chi connectivity index (χ1) is 14.7.